The van der Waals surface area contributed by atoms with E-state index in [9.17, 15) is 9.90 Å². The molecule has 3 nitrogen and oxygen atoms in total. The van der Waals surface area contributed by atoms with Gasteiger partial charge in [0, 0.05) is 0 Å². The van der Waals surface area contributed by atoms with Gasteiger partial charge in [0.25, 0.3) is 0 Å². The molecule has 0 atom stereocenters. The second-order valence-corrected chi connectivity index (χ2v) is 6.00. The minimum atomic E-state index is -0.784. The van der Waals surface area contributed by atoms with Crippen LogP contribution in [0.5, 0.6) is 0 Å². The van der Waals surface area contributed by atoms with Crippen LogP contribution < -0.4 is 0 Å². The van der Waals surface area contributed by atoms with Crippen LogP contribution in [-0.4, -0.2) is 17.7 Å². The molecule has 0 amide bonds. The van der Waals surface area contributed by atoms with Gasteiger partial charge in [-0.1, -0.05) is 37.6 Å². The van der Waals surface area contributed by atoms with Gasteiger partial charge in [-0.3, -0.25) is 4.79 Å². The minimum absolute atomic E-state index is 0.0513. The number of benzene rings is 1. The number of hydrogen-bond donors (Lipinski definition) is 1. The summed E-state index contributed by atoms with van der Waals surface area (Å²) in [5, 5.41) is 10.8. The Balaban J connectivity index is 1.99. The first-order valence-electron chi connectivity index (χ1n) is 8.07. The Morgan fingerprint density at radius 2 is 1.86 bits per heavy atom. The number of aryl methyl sites for hydroxylation is 1. The fourth-order valence-corrected chi connectivity index (χ4v) is 3.15. The van der Waals surface area contributed by atoms with E-state index in [1.54, 1.807) is 0 Å². The first-order chi connectivity index (χ1) is 10.1. The van der Waals surface area contributed by atoms with E-state index in [2.05, 4.69) is 19.1 Å². The normalized spacial score (nSPS) is 25.6. The second-order valence-electron chi connectivity index (χ2n) is 6.00. The largest absolute Gasteiger partial charge is 0.466 e. The van der Waals surface area contributed by atoms with Crippen LogP contribution in [0.4, 0.5) is 0 Å². The molecule has 1 aliphatic carbocycles. The number of esters is 1. The maximum Gasteiger partial charge on any atom is 0.308 e. The van der Waals surface area contributed by atoms with Crippen molar-refractivity contribution in [3.63, 3.8) is 0 Å². The van der Waals surface area contributed by atoms with Gasteiger partial charge in [0.2, 0.25) is 0 Å². The highest BCUT2D eigenvalue weighted by Crippen LogP contribution is 2.39. The molecule has 0 bridgehead atoms. The molecule has 1 aromatic carbocycles. The molecule has 0 unspecified atom stereocenters. The summed E-state index contributed by atoms with van der Waals surface area (Å²) in [6.45, 7) is 4.42. The van der Waals surface area contributed by atoms with E-state index in [1.165, 1.54) is 5.56 Å². The lowest BCUT2D eigenvalue weighted by Gasteiger charge is -2.35. The zero-order valence-electron chi connectivity index (χ0n) is 13.1. The third-order valence-corrected chi connectivity index (χ3v) is 4.46. The molecule has 1 fully saturated rings. The summed E-state index contributed by atoms with van der Waals surface area (Å²) in [5.74, 6) is -0.164. The average Bonchev–Trinajstić information content (AvgIpc) is 2.49. The van der Waals surface area contributed by atoms with E-state index in [0.29, 0.717) is 32.3 Å². The number of aliphatic hydroxyl groups is 1. The monoisotopic (exact) mass is 290 g/mol. The van der Waals surface area contributed by atoms with Crippen LogP contribution in [0.25, 0.3) is 0 Å². The predicted molar refractivity (Wildman–Crippen MR) is 82.9 cm³/mol. The lowest BCUT2D eigenvalue weighted by Crippen LogP contribution is -2.34. The highest BCUT2D eigenvalue weighted by atomic mass is 16.5. The van der Waals surface area contributed by atoms with Crippen LogP contribution >= 0.6 is 0 Å². The molecular weight excluding hydrogens is 264 g/mol. The van der Waals surface area contributed by atoms with Crippen LogP contribution in [0.15, 0.2) is 24.3 Å². The Labute approximate surface area is 127 Å². The molecule has 3 heteroatoms. The molecule has 0 heterocycles. The number of hydrogen-bond acceptors (Lipinski definition) is 3. The van der Waals surface area contributed by atoms with Crippen LogP contribution in [0.2, 0.25) is 0 Å². The first-order valence-corrected chi connectivity index (χ1v) is 8.07. The van der Waals surface area contributed by atoms with Crippen molar-refractivity contribution in [1.29, 1.82) is 0 Å². The van der Waals surface area contributed by atoms with E-state index in [1.807, 2.05) is 19.1 Å². The third-order valence-electron chi connectivity index (χ3n) is 4.46. The molecule has 0 radical (unpaired) electrons. The Kier molecular flexibility index (Phi) is 5.40. The molecule has 21 heavy (non-hydrogen) atoms. The van der Waals surface area contributed by atoms with Gasteiger partial charge < -0.3 is 9.84 Å². The van der Waals surface area contributed by atoms with Crippen molar-refractivity contribution in [2.24, 2.45) is 5.92 Å². The molecule has 0 aromatic heterocycles. The maximum absolute atomic E-state index is 11.8. The van der Waals surface area contributed by atoms with Crippen molar-refractivity contribution in [2.45, 2.75) is 58.0 Å². The van der Waals surface area contributed by atoms with Crippen LogP contribution in [0, 0.1) is 5.92 Å². The Morgan fingerprint density at radius 1 is 1.24 bits per heavy atom. The second kappa shape index (κ2) is 7.08. The summed E-state index contributed by atoms with van der Waals surface area (Å²) in [6, 6.07) is 8.29. The first kappa shape index (κ1) is 16.0. The Morgan fingerprint density at radius 3 is 2.38 bits per heavy atom. The van der Waals surface area contributed by atoms with E-state index in [-0.39, 0.29) is 11.9 Å². The number of ether oxygens (including phenoxy) is 1. The highest BCUT2D eigenvalue weighted by Gasteiger charge is 2.37. The smallest absolute Gasteiger partial charge is 0.308 e. The zero-order valence-corrected chi connectivity index (χ0v) is 13.1. The summed E-state index contributed by atoms with van der Waals surface area (Å²) in [5.41, 5.74) is 1.50. The molecule has 0 aliphatic heterocycles. The SMILES string of the molecule is CCCc1ccc(C2(O)CCC(C(=O)OCC)CC2)cc1. The van der Waals surface area contributed by atoms with E-state index >= 15 is 0 Å². The molecule has 0 spiro atoms. The van der Waals surface area contributed by atoms with Gasteiger partial charge in [0.15, 0.2) is 0 Å². The topological polar surface area (TPSA) is 46.5 Å². The lowest BCUT2D eigenvalue weighted by atomic mass is 9.75. The maximum atomic E-state index is 11.8. The van der Waals surface area contributed by atoms with Crippen molar-refractivity contribution in [3.8, 4) is 0 Å². The van der Waals surface area contributed by atoms with Crippen molar-refractivity contribution in [2.75, 3.05) is 6.61 Å². The number of rotatable bonds is 5. The quantitative estimate of drug-likeness (QED) is 0.843. The van der Waals surface area contributed by atoms with Crippen LogP contribution in [0.1, 0.15) is 57.1 Å². The molecule has 2 rings (SSSR count). The Bertz CT molecular complexity index is 456. The van der Waals surface area contributed by atoms with Gasteiger partial charge in [0.1, 0.15) is 0 Å². The van der Waals surface area contributed by atoms with Crippen LogP contribution in [-0.2, 0) is 21.6 Å². The molecule has 116 valence electrons. The predicted octanol–water partition coefficient (Wildman–Crippen LogP) is 3.58. The standard InChI is InChI=1S/C18H26O3/c1-3-5-14-6-8-16(9-7-14)18(20)12-10-15(11-13-18)17(19)21-4-2/h6-9,15,20H,3-5,10-13H2,1-2H3. The van der Waals surface area contributed by atoms with Crippen molar-refractivity contribution in [3.05, 3.63) is 35.4 Å². The Hall–Kier alpha value is -1.35. The van der Waals surface area contributed by atoms with Gasteiger partial charge in [-0.15, -0.1) is 0 Å². The summed E-state index contributed by atoms with van der Waals surface area (Å²) in [4.78, 5) is 11.8. The minimum Gasteiger partial charge on any atom is -0.466 e. The van der Waals surface area contributed by atoms with Gasteiger partial charge in [-0.2, -0.15) is 0 Å². The van der Waals surface area contributed by atoms with Gasteiger partial charge >= 0.3 is 5.97 Å². The van der Waals surface area contributed by atoms with Crippen molar-refractivity contribution in [1.82, 2.24) is 0 Å². The molecule has 0 saturated heterocycles. The average molecular weight is 290 g/mol. The van der Waals surface area contributed by atoms with Crippen molar-refractivity contribution >= 4 is 5.97 Å². The molecule has 1 aliphatic rings. The zero-order chi connectivity index (χ0) is 15.3. The molecule has 1 saturated carbocycles. The fourth-order valence-electron chi connectivity index (χ4n) is 3.15. The summed E-state index contributed by atoms with van der Waals surface area (Å²) in [6.07, 6.45) is 4.86. The molecule has 1 aromatic rings. The van der Waals surface area contributed by atoms with Gasteiger partial charge in [-0.05, 0) is 50.2 Å². The summed E-state index contributed by atoms with van der Waals surface area (Å²) in [7, 11) is 0. The number of carbonyl (C=O) groups excluding carboxylic acids is 1. The molecule has 1 N–H and O–H groups in total. The van der Waals surface area contributed by atoms with E-state index in [4.69, 9.17) is 4.74 Å². The van der Waals surface area contributed by atoms with Gasteiger partial charge in [-0.25, -0.2) is 0 Å². The summed E-state index contributed by atoms with van der Waals surface area (Å²) >= 11 is 0. The number of carbonyl (C=O) groups is 1. The fraction of sp³-hybridized carbons (Fsp3) is 0.611. The highest BCUT2D eigenvalue weighted by molar-refractivity contribution is 5.72. The van der Waals surface area contributed by atoms with Gasteiger partial charge in [0.05, 0.1) is 18.1 Å². The third kappa shape index (κ3) is 3.85. The van der Waals surface area contributed by atoms with Crippen LogP contribution in [0.3, 0.4) is 0 Å². The lowest BCUT2D eigenvalue weighted by molar-refractivity contribution is -0.151. The summed E-state index contributed by atoms with van der Waals surface area (Å²) < 4.78 is 5.08. The van der Waals surface area contributed by atoms with E-state index < -0.39 is 5.60 Å². The van der Waals surface area contributed by atoms with E-state index in [0.717, 1.165) is 18.4 Å². The molecular formula is C18H26O3. The van der Waals surface area contributed by atoms with Crippen molar-refractivity contribution < 1.29 is 14.6 Å².